The Balaban J connectivity index is 1.99. The Labute approximate surface area is 139 Å². The predicted molar refractivity (Wildman–Crippen MR) is 89.5 cm³/mol. The normalized spacial score (nSPS) is 19.0. The van der Waals surface area contributed by atoms with E-state index in [9.17, 15) is 9.59 Å². The lowest BCUT2D eigenvalue weighted by atomic mass is 10.1. The number of hydrogen-bond acceptors (Lipinski definition) is 3. The van der Waals surface area contributed by atoms with Crippen LogP contribution in [0.1, 0.15) is 36.5 Å². The molecule has 2 atom stereocenters. The molecule has 6 heteroatoms. The van der Waals surface area contributed by atoms with E-state index in [-0.39, 0.29) is 23.9 Å². The topological polar surface area (TPSA) is 75.4 Å². The van der Waals surface area contributed by atoms with Gasteiger partial charge in [-0.15, -0.1) is 0 Å². The molecule has 0 radical (unpaired) electrons. The first-order valence-electron chi connectivity index (χ1n) is 7.59. The number of nitrogens with zero attached hydrogens (tertiary/aromatic N) is 1. The van der Waals surface area contributed by atoms with Gasteiger partial charge in [-0.05, 0) is 50.5 Å². The molecule has 0 aliphatic carbocycles. The fourth-order valence-corrected chi connectivity index (χ4v) is 2.85. The number of halogens is 1. The Morgan fingerprint density at radius 3 is 2.73 bits per heavy atom. The molecule has 1 aliphatic rings. The molecule has 120 valence electrons. The molecule has 2 unspecified atom stereocenters. The standard InChI is InChI=1S/C16H22BrN3O2/c1-11(18)8-9-19-15(21)14-3-2-10-20(14)16(22)12-4-6-13(17)7-5-12/h4-7,11,14H,2-3,8-10,18H2,1H3,(H,19,21). The van der Waals surface area contributed by atoms with Crippen molar-refractivity contribution in [3.8, 4) is 0 Å². The minimum Gasteiger partial charge on any atom is -0.354 e. The van der Waals surface area contributed by atoms with Gasteiger partial charge in [-0.2, -0.15) is 0 Å². The monoisotopic (exact) mass is 367 g/mol. The van der Waals surface area contributed by atoms with Crippen LogP contribution < -0.4 is 11.1 Å². The van der Waals surface area contributed by atoms with Crippen LogP contribution in [0.2, 0.25) is 0 Å². The van der Waals surface area contributed by atoms with Crippen LogP contribution in [0.25, 0.3) is 0 Å². The fourth-order valence-electron chi connectivity index (χ4n) is 2.58. The molecule has 5 nitrogen and oxygen atoms in total. The summed E-state index contributed by atoms with van der Waals surface area (Å²) >= 11 is 3.35. The average molecular weight is 368 g/mol. The van der Waals surface area contributed by atoms with Crippen molar-refractivity contribution in [2.75, 3.05) is 13.1 Å². The Morgan fingerprint density at radius 2 is 2.09 bits per heavy atom. The van der Waals surface area contributed by atoms with Gasteiger partial charge in [-0.1, -0.05) is 15.9 Å². The van der Waals surface area contributed by atoms with E-state index in [1.807, 2.05) is 19.1 Å². The molecule has 0 saturated carbocycles. The zero-order valence-corrected chi connectivity index (χ0v) is 14.3. The molecule has 1 aromatic rings. The van der Waals surface area contributed by atoms with Crippen LogP contribution in [0.5, 0.6) is 0 Å². The first-order valence-corrected chi connectivity index (χ1v) is 8.38. The van der Waals surface area contributed by atoms with Gasteiger partial charge in [0.25, 0.3) is 5.91 Å². The van der Waals surface area contributed by atoms with Gasteiger partial charge < -0.3 is 16.0 Å². The highest BCUT2D eigenvalue weighted by atomic mass is 79.9. The van der Waals surface area contributed by atoms with E-state index in [0.29, 0.717) is 25.1 Å². The molecule has 22 heavy (non-hydrogen) atoms. The Kier molecular flexibility index (Phi) is 5.97. The largest absolute Gasteiger partial charge is 0.354 e. The van der Waals surface area contributed by atoms with Gasteiger partial charge in [0.2, 0.25) is 5.91 Å². The van der Waals surface area contributed by atoms with Crippen LogP contribution in [-0.4, -0.2) is 41.9 Å². The van der Waals surface area contributed by atoms with E-state index < -0.39 is 0 Å². The highest BCUT2D eigenvalue weighted by Gasteiger charge is 2.34. The fraction of sp³-hybridized carbons (Fsp3) is 0.500. The van der Waals surface area contributed by atoms with Gasteiger partial charge in [0.1, 0.15) is 6.04 Å². The van der Waals surface area contributed by atoms with Gasteiger partial charge in [-0.25, -0.2) is 0 Å². The van der Waals surface area contributed by atoms with Crippen LogP contribution in [0, 0.1) is 0 Å². The minimum atomic E-state index is -0.371. The van der Waals surface area contributed by atoms with E-state index in [1.165, 1.54) is 0 Å². The summed E-state index contributed by atoms with van der Waals surface area (Å²) in [5.41, 5.74) is 6.29. The summed E-state index contributed by atoms with van der Waals surface area (Å²) < 4.78 is 0.927. The average Bonchev–Trinajstić information content (AvgIpc) is 2.96. The SMILES string of the molecule is CC(N)CCNC(=O)C1CCCN1C(=O)c1ccc(Br)cc1. The van der Waals surface area contributed by atoms with E-state index in [0.717, 1.165) is 17.3 Å². The quantitative estimate of drug-likeness (QED) is 0.834. The maximum Gasteiger partial charge on any atom is 0.254 e. The third-order valence-corrected chi connectivity index (χ3v) is 4.34. The molecule has 1 fully saturated rings. The molecule has 0 bridgehead atoms. The molecule has 2 rings (SSSR count). The van der Waals surface area contributed by atoms with Gasteiger partial charge in [-0.3, -0.25) is 9.59 Å². The second kappa shape index (κ2) is 7.74. The number of carbonyl (C=O) groups is 2. The molecular weight excluding hydrogens is 346 g/mol. The number of amides is 2. The van der Waals surface area contributed by atoms with Crippen LogP contribution in [0.15, 0.2) is 28.7 Å². The summed E-state index contributed by atoms with van der Waals surface area (Å²) in [6, 6.07) is 6.90. The number of carbonyl (C=O) groups excluding carboxylic acids is 2. The highest BCUT2D eigenvalue weighted by Crippen LogP contribution is 2.21. The second-order valence-corrected chi connectivity index (χ2v) is 6.64. The van der Waals surface area contributed by atoms with Gasteiger partial charge in [0.15, 0.2) is 0 Å². The number of nitrogens with one attached hydrogen (secondary N) is 1. The summed E-state index contributed by atoms with van der Waals surface area (Å²) in [5, 5.41) is 2.88. The second-order valence-electron chi connectivity index (χ2n) is 5.72. The summed E-state index contributed by atoms with van der Waals surface area (Å²) in [6.45, 7) is 3.08. The number of likely N-dealkylation sites (tertiary alicyclic amines) is 1. The van der Waals surface area contributed by atoms with E-state index in [4.69, 9.17) is 5.73 Å². The number of nitrogens with two attached hydrogens (primary N) is 1. The molecule has 0 aromatic heterocycles. The first-order chi connectivity index (χ1) is 10.5. The molecule has 1 aromatic carbocycles. The molecule has 1 heterocycles. The molecule has 1 saturated heterocycles. The summed E-state index contributed by atoms with van der Waals surface area (Å²) in [7, 11) is 0. The first kappa shape index (κ1) is 17.0. The lowest BCUT2D eigenvalue weighted by molar-refractivity contribution is -0.124. The van der Waals surface area contributed by atoms with Crippen molar-refractivity contribution < 1.29 is 9.59 Å². The lowest BCUT2D eigenvalue weighted by Gasteiger charge is -2.24. The maximum atomic E-state index is 12.6. The summed E-state index contributed by atoms with van der Waals surface area (Å²) in [4.78, 5) is 26.5. The van der Waals surface area contributed by atoms with Crippen molar-refractivity contribution in [1.82, 2.24) is 10.2 Å². The van der Waals surface area contributed by atoms with Crippen LogP contribution in [0.4, 0.5) is 0 Å². The smallest absolute Gasteiger partial charge is 0.254 e. The van der Waals surface area contributed by atoms with E-state index >= 15 is 0 Å². The molecule has 1 aliphatic heterocycles. The zero-order valence-electron chi connectivity index (χ0n) is 12.7. The molecule has 2 amide bonds. The minimum absolute atomic E-state index is 0.0596. The maximum absolute atomic E-state index is 12.6. The number of hydrogen-bond donors (Lipinski definition) is 2. The highest BCUT2D eigenvalue weighted by molar-refractivity contribution is 9.10. The van der Waals surface area contributed by atoms with Crippen molar-refractivity contribution in [2.24, 2.45) is 5.73 Å². The van der Waals surface area contributed by atoms with E-state index in [1.54, 1.807) is 17.0 Å². The van der Waals surface area contributed by atoms with Crippen LogP contribution in [-0.2, 0) is 4.79 Å². The van der Waals surface area contributed by atoms with E-state index in [2.05, 4.69) is 21.2 Å². The third-order valence-electron chi connectivity index (χ3n) is 3.81. The van der Waals surface area contributed by atoms with Gasteiger partial charge in [0, 0.05) is 29.2 Å². The Morgan fingerprint density at radius 1 is 1.41 bits per heavy atom. The summed E-state index contributed by atoms with van der Waals surface area (Å²) in [5.74, 6) is -0.166. The van der Waals surface area contributed by atoms with Gasteiger partial charge >= 0.3 is 0 Å². The third kappa shape index (κ3) is 4.30. The number of benzene rings is 1. The van der Waals surface area contributed by atoms with Gasteiger partial charge in [0.05, 0.1) is 0 Å². The van der Waals surface area contributed by atoms with Crippen molar-refractivity contribution >= 4 is 27.7 Å². The molecular formula is C16H22BrN3O2. The van der Waals surface area contributed by atoms with Crippen molar-refractivity contribution in [1.29, 1.82) is 0 Å². The lowest BCUT2D eigenvalue weighted by Crippen LogP contribution is -2.46. The van der Waals surface area contributed by atoms with Crippen LogP contribution in [0.3, 0.4) is 0 Å². The number of rotatable bonds is 5. The Bertz CT molecular complexity index is 531. The zero-order chi connectivity index (χ0) is 16.1. The molecule has 3 N–H and O–H groups in total. The van der Waals surface area contributed by atoms with Crippen molar-refractivity contribution in [3.63, 3.8) is 0 Å². The van der Waals surface area contributed by atoms with Crippen molar-refractivity contribution in [3.05, 3.63) is 34.3 Å². The van der Waals surface area contributed by atoms with Crippen LogP contribution >= 0.6 is 15.9 Å². The van der Waals surface area contributed by atoms with Crippen molar-refractivity contribution in [2.45, 2.75) is 38.3 Å². The predicted octanol–water partition coefficient (Wildman–Crippen LogP) is 1.91. The molecule has 0 spiro atoms. The summed E-state index contributed by atoms with van der Waals surface area (Å²) in [6.07, 6.45) is 2.30. The Hall–Kier alpha value is -1.40.